The summed E-state index contributed by atoms with van der Waals surface area (Å²) in [6, 6.07) is 3.41. The maximum Gasteiger partial charge on any atom is 0.296 e. The zero-order valence-electron chi connectivity index (χ0n) is 8.87. The van der Waals surface area contributed by atoms with Gasteiger partial charge in [-0.15, -0.1) is 0 Å². The minimum absolute atomic E-state index is 0.431. The van der Waals surface area contributed by atoms with Gasteiger partial charge >= 0.3 is 0 Å². The maximum absolute atomic E-state index is 10.9. The third kappa shape index (κ3) is 2.84. The third-order valence-corrected chi connectivity index (χ3v) is 2.56. The van der Waals surface area contributed by atoms with E-state index in [-0.39, 0.29) is 0 Å². The number of methoxy groups -OCH3 is 1. The van der Waals surface area contributed by atoms with Crippen molar-refractivity contribution in [2.24, 2.45) is 5.14 Å². The Morgan fingerprint density at radius 1 is 1.33 bits per heavy atom. The van der Waals surface area contributed by atoms with Crippen molar-refractivity contribution in [1.82, 2.24) is 0 Å². The normalized spacial score (nSPS) is 11.2. The van der Waals surface area contributed by atoms with Crippen LogP contribution in [0.25, 0.3) is 0 Å². The molecule has 0 bridgehead atoms. The van der Waals surface area contributed by atoms with Crippen LogP contribution in [0.1, 0.15) is 11.1 Å². The molecule has 0 aliphatic heterocycles. The molecule has 0 heterocycles. The lowest BCUT2D eigenvalue weighted by Crippen LogP contribution is -2.22. The highest BCUT2D eigenvalue weighted by Crippen LogP contribution is 2.29. The molecule has 0 saturated carbocycles. The van der Waals surface area contributed by atoms with Crippen molar-refractivity contribution >= 4 is 15.9 Å². The molecule has 1 aromatic rings. The van der Waals surface area contributed by atoms with Crippen LogP contribution in [0.5, 0.6) is 5.75 Å². The first-order valence-corrected chi connectivity index (χ1v) is 5.84. The quantitative estimate of drug-likeness (QED) is 0.810. The second kappa shape index (κ2) is 4.08. The monoisotopic (exact) mass is 230 g/mol. The van der Waals surface area contributed by atoms with Crippen LogP contribution in [0, 0.1) is 13.8 Å². The zero-order chi connectivity index (χ0) is 11.6. The minimum Gasteiger partial charge on any atom is -0.496 e. The van der Waals surface area contributed by atoms with Crippen molar-refractivity contribution in [3.63, 3.8) is 0 Å². The van der Waals surface area contributed by atoms with Crippen LogP contribution in [0.4, 0.5) is 5.69 Å². The molecule has 6 heteroatoms. The van der Waals surface area contributed by atoms with Crippen molar-refractivity contribution in [2.75, 3.05) is 11.8 Å². The summed E-state index contributed by atoms with van der Waals surface area (Å²) in [6.07, 6.45) is 0. The number of nitrogens with two attached hydrogens (primary N) is 1. The van der Waals surface area contributed by atoms with Crippen molar-refractivity contribution in [1.29, 1.82) is 0 Å². The Morgan fingerprint density at radius 3 is 2.40 bits per heavy atom. The van der Waals surface area contributed by atoms with Crippen LogP contribution < -0.4 is 14.6 Å². The summed E-state index contributed by atoms with van der Waals surface area (Å²) in [6.45, 7) is 3.64. The zero-order valence-corrected chi connectivity index (χ0v) is 9.68. The molecule has 0 saturated heterocycles. The highest BCUT2D eigenvalue weighted by Gasteiger charge is 2.10. The molecule has 0 aliphatic carbocycles. The van der Waals surface area contributed by atoms with Gasteiger partial charge in [-0.2, -0.15) is 8.42 Å². The van der Waals surface area contributed by atoms with E-state index in [0.717, 1.165) is 5.56 Å². The second-order valence-electron chi connectivity index (χ2n) is 3.24. The van der Waals surface area contributed by atoms with Crippen molar-refractivity contribution in [3.05, 3.63) is 23.3 Å². The van der Waals surface area contributed by atoms with Crippen molar-refractivity contribution < 1.29 is 13.2 Å². The fourth-order valence-corrected chi connectivity index (χ4v) is 1.93. The Kier molecular flexibility index (Phi) is 3.21. The number of benzene rings is 1. The maximum atomic E-state index is 10.9. The molecule has 0 radical (unpaired) electrons. The molecule has 0 fully saturated rings. The molecule has 1 aromatic carbocycles. The first kappa shape index (κ1) is 11.8. The smallest absolute Gasteiger partial charge is 0.296 e. The first-order valence-electron chi connectivity index (χ1n) is 4.30. The molecule has 0 amide bonds. The molecule has 84 valence electrons. The number of anilines is 1. The number of rotatable bonds is 3. The minimum atomic E-state index is -3.74. The standard InChI is InChI=1S/C9H14N2O3S/c1-6-4-5-8(11-15(10,12)13)7(2)9(6)14-3/h4-5,11H,1-3H3,(H2,10,12,13). The van der Waals surface area contributed by atoms with E-state index in [1.165, 1.54) is 7.11 Å². The first-order chi connectivity index (χ1) is 6.85. The molecule has 0 aromatic heterocycles. The number of hydrogen-bond donors (Lipinski definition) is 2. The van der Waals surface area contributed by atoms with E-state index in [4.69, 9.17) is 9.88 Å². The van der Waals surface area contributed by atoms with Gasteiger partial charge in [-0.3, -0.25) is 4.72 Å². The Morgan fingerprint density at radius 2 is 1.93 bits per heavy atom. The molecular formula is C9H14N2O3S. The van der Waals surface area contributed by atoms with Crippen LogP contribution >= 0.6 is 0 Å². The lowest BCUT2D eigenvalue weighted by Gasteiger charge is -2.13. The fourth-order valence-electron chi connectivity index (χ4n) is 1.40. The van der Waals surface area contributed by atoms with Gasteiger partial charge in [0, 0.05) is 5.56 Å². The van der Waals surface area contributed by atoms with Crippen molar-refractivity contribution in [2.45, 2.75) is 13.8 Å². The predicted molar refractivity (Wildman–Crippen MR) is 59.2 cm³/mol. The SMILES string of the molecule is COc1c(C)ccc(NS(N)(=O)=O)c1C. The van der Waals surface area contributed by atoms with E-state index < -0.39 is 10.2 Å². The summed E-state index contributed by atoms with van der Waals surface area (Å²) in [7, 11) is -2.21. The van der Waals surface area contributed by atoms with Gasteiger partial charge in [-0.05, 0) is 25.5 Å². The number of hydrogen-bond acceptors (Lipinski definition) is 3. The summed E-state index contributed by atoms with van der Waals surface area (Å²) >= 11 is 0. The highest BCUT2D eigenvalue weighted by molar-refractivity contribution is 7.90. The Labute approximate surface area is 89.4 Å². The van der Waals surface area contributed by atoms with E-state index in [9.17, 15) is 8.42 Å². The molecule has 0 spiro atoms. The van der Waals surface area contributed by atoms with Gasteiger partial charge in [0.15, 0.2) is 0 Å². The lowest BCUT2D eigenvalue weighted by atomic mass is 10.1. The largest absolute Gasteiger partial charge is 0.496 e. The molecule has 0 unspecified atom stereocenters. The molecule has 15 heavy (non-hydrogen) atoms. The Hall–Kier alpha value is -1.27. The predicted octanol–water partition coefficient (Wildman–Crippen LogP) is 0.927. The molecule has 3 N–H and O–H groups in total. The van der Waals surface area contributed by atoms with Crippen LogP contribution in [-0.2, 0) is 10.2 Å². The van der Waals surface area contributed by atoms with Crippen LogP contribution in [0.15, 0.2) is 12.1 Å². The van der Waals surface area contributed by atoms with Crippen LogP contribution in [0.3, 0.4) is 0 Å². The van der Waals surface area contributed by atoms with E-state index in [2.05, 4.69) is 4.72 Å². The average molecular weight is 230 g/mol. The van der Waals surface area contributed by atoms with Gasteiger partial charge in [0.1, 0.15) is 5.75 Å². The number of nitrogens with one attached hydrogen (secondary N) is 1. The van der Waals surface area contributed by atoms with E-state index in [1.807, 2.05) is 6.92 Å². The second-order valence-corrected chi connectivity index (χ2v) is 4.53. The van der Waals surface area contributed by atoms with E-state index >= 15 is 0 Å². The van der Waals surface area contributed by atoms with Gasteiger partial charge in [0.25, 0.3) is 10.2 Å². The lowest BCUT2D eigenvalue weighted by molar-refractivity contribution is 0.409. The van der Waals surface area contributed by atoms with E-state index in [1.54, 1.807) is 19.1 Å². The summed E-state index contributed by atoms with van der Waals surface area (Å²) in [4.78, 5) is 0. The summed E-state index contributed by atoms with van der Waals surface area (Å²) in [5.74, 6) is 0.656. The summed E-state index contributed by atoms with van der Waals surface area (Å²) < 4.78 is 29.1. The topological polar surface area (TPSA) is 81.4 Å². The van der Waals surface area contributed by atoms with Gasteiger partial charge in [-0.1, -0.05) is 6.07 Å². The third-order valence-electron chi connectivity index (χ3n) is 2.06. The summed E-state index contributed by atoms with van der Waals surface area (Å²) in [5, 5.41) is 4.89. The highest BCUT2D eigenvalue weighted by atomic mass is 32.2. The van der Waals surface area contributed by atoms with Gasteiger partial charge in [-0.25, -0.2) is 5.14 Å². The number of aryl methyl sites for hydroxylation is 1. The molecule has 0 aliphatic rings. The molecular weight excluding hydrogens is 216 g/mol. The Balaban J connectivity index is 3.22. The molecule has 0 atom stereocenters. The van der Waals surface area contributed by atoms with E-state index in [0.29, 0.717) is 17.0 Å². The summed E-state index contributed by atoms with van der Waals surface area (Å²) in [5.41, 5.74) is 2.08. The van der Waals surface area contributed by atoms with Gasteiger partial charge in [0.05, 0.1) is 12.8 Å². The molecule has 5 nitrogen and oxygen atoms in total. The average Bonchev–Trinajstić information content (AvgIpc) is 2.09. The van der Waals surface area contributed by atoms with Crippen LogP contribution in [0.2, 0.25) is 0 Å². The van der Waals surface area contributed by atoms with Crippen molar-refractivity contribution in [3.8, 4) is 5.75 Å². The van der Waals surface area contributed by atoms with Gasteiger partial charge in [0.2, 0.25) is 0 Å². The van der Waals surface area contributed by atoms with Gasteiger partial charge < -0.3 is 4.74 Å². The molecule has 1 rings (SSSR count). The fraction of sp³-hybridized carbons (Fsp3) is 0.333. The number of ether oxygens (including phenoxy) is 1. The van der Waals surface area contributed by atoms with Crippen LogP contribution in [-0.4, -0.2) is 15.5 Å². The Bertz CT molecular complexity index is 468.